The fourth-order valence-electron chi connectivity index (χ4n) is 0.826. The van der Waals surface area contributed by atoms with E-state index in [2.05, 4.69) is 4.74 Å². The predicted octanol–water partition coefficient (Wildman–Crippen LogP) is -1.60. The number of carbonyl (C=O) groups excluding carboxylic acids is 1. The molecule has 0 rings (SSSR count). The molecule has 0 bridgehead atoms. The number of methoxy groups -OCH3 is 1. The van der Waals surface area contributed by atoms with Crippen molar-refractivity contribution >= 4 is 22.3 Å². The summed E-state index contributed by atoms with van der Waals surface area (Å²) in [4.78, 5) is 21.0. The summed E-state index contributed by atoms with van der Waals surface area (Å²) in [5, 5.41) is 17.9. The largest absolute Gasteiger partial charge is 0.481 e. The minimum absolute atomic E-state index is 0.564. The second-order valence-electron chi connectivity index (χ2n) is 3.49. The Morgan fingerprint density at radius 2 is 1.94 bits per heavy atom. The van der Waals surface area contributed by atoms with E-state index in [1.807, 2.05) is 4.72 Å². The molecule has 17 heavy (non-hydrogen) atoms. The number of hydrogen-bond acceptors (Lipinski definition) is 6. The molecule has 0 aromatic rings. The van der Waals surface area contributed by atoms with Gasteiger partial charge in [0.15, 0.2) is 0 Å². The van der Waals surface area contributed by atoms with Crippen LogP contribution in [-0.4, -0.2) is 49.9 Å². The minimum Gasteiger partial charge on any atom is -0.481 e. The first-order valence-corrected chi connectivity index (χ1v) is 5.86. The molecule has 0 fully saturated rings. The fraction of sp³-hybridized carbons (Fsp3) is 0.714. The van der Waals surface area contributed by atoms with Crippen LogP contribution in [0.3, 0.4) is 0 Å². The van der Waals surface area contributed by atoms with Crippen LogP contribution in [0.1, 0.15) is 13.3 Å². The molecule has 1 atom stereocenters. The van der Waals surface area contributed by atoms with Gasteiger partial charge >= 0.3 is 22.3 Å². The number of carboxylic acid groups (broad SMARTS) is 1. The number of carbonyl (C=O) groups is 2. The van der Waals surface area contributed by atoms with E-state index in [4.69, 9.17) is 5.11 Å². The van der Waals surface area contributed by atoms with Gasteiger partial charge in [0.1, 0.15) is 0 Å². The Kier molecular flexibility index (Phi) is 5.32. The zero-order chi connectivity index (χ0) is 13.7. The van der Waals surface area contributed by atoms with E-state index in [0.717, 1.165) is 14.0 Å². The number of aliphatic hydroxyl groups is 1. The first kappa shape index (κ1) is 15.6. The maximum atomic E-state index is 11.2. The Balaban J connectivity index is 4.36. The molecule has 0 heterocycles. The summed E-state index contributed by atoms with van der Waals surface area (Å²) in [6.07, 6.45) is -1.84. The van der Waals surface area contributed by atoms with Crippen LogP contribution >= 0.6 is 0 Å². The highest BCUT2D eigenvalue weighted by Gasteiger charge is 2.27. The lowest BCUT2D eigenvalue weighted by atomic mass is 10.0. The van der Waals surface area contributed by atoms with Gasteiger partial charge in [-0.1, -0.05) is 0 Å². The summed E-state index contributed by atoms with van der Waals surface area (Å²) in [5.74, 6) is -1.28. The van der Waals surface area contributed by atoms with E-state index < -0.39 is 40.8 Å². The number of rotatable bonds is 6. The Labute approximate surface area is 97.9 Å². The highest BCUT2D eigenvalue weighted by Crippen LogP contribution is 2.07. The van der Waals surface area contributed by atoms with Crippen LogP contribution in [0.2, 0.25) is 0 Å². The second-order valence-corrected chi connectivity index (χ2v) is 4.99. The third kappa shape index (κ3) is 7.49. The quantitative estimate of drug-likeness (QED) is 0.455. The van der Waals surface area contributed by atoms with Crippen molar-refractivity contribution in [3.8, 4) is 0 Å². The lowest BCUT2D eigenvalue weighted by Crippen LogP contribution is -2.47. The van der Waals surface area contributed by atoms with Crippen molar-refractivity contribution in [1.29, 1.82) is 0 Å². The zero-order valence-corrected chi connectivity index (χ0v) is 10.1. The van der Waals surface area contributed by atoms with E-state index >= 15 is 0 Å². The average Bonchev–Trinajstić information content (AvgIpc) is 2.12. The van der Waals surface area contributed by atoms with Crippen molar-refractivity contribution in [3.05, 3.63) is 0 Å². The van der Waals surface area contributed by atoms with Gasteiger partial charge in [0.05, 0.1) is 19.1 Å². The van der Waals surface area contributed by atoms with Crippen LogP contribution in [0.25, 0.3) is 0 Å². The van der Waals surface area contributed by atoms with E-state index in [1.54, 1.807) is 0 Å². The fourth-order valence-corrected chi connectivity index (χ4v) is 1.70. The van der Waals surface area contributed by atoms with Crippen molar-refractivity contribution in [2.75, 3.05) is 13.7 Å². The molecular formula is C7H14N2O7S. The topological polar surface area (TPSA) is 142 Å². The predicted molar refractivity (Wildman–Crippen MR) is 55.3 cm³/mol. The summed E-state index contributed by atoms with van der Waals surface area (Å²) in [6, 6.07) is 0. The number of aliphatic carboxylic acids is 1. The van der Waals surface area contributed by atoms with Gasteiger partial charge in [0.2, 0.25) is 0 Å². The molecule has 0 aromatic carbocycles. The number of nitrogens with one attached hydrogen (secondary N) is 2. The monoisotopic (exact) mass is 270 g/mol. The summed E-state index contributed by atoms with van der Waals surface area (Å²) < 4.78 is 29.6. The Hall–Kier alpha value is -1.39. The smallest absolute Gasteiger partial charge is 0.421 e. The summed E-state index contributed by atoms with van der Waals surface area (Å²) in [5.41, 5.74) is -1.77. The summed E-state index contributed by atoms with van der Waals surface area (Å²) >= 11 is 0. The molecule has 0 aromatic heterocycles. The molecule has 9 nitrogen and oxygen atoms in total. The molecule has 10 heteroatoms. The van der Waals surface area contributed by atoms with Crippen LogP contribution in [-0.2, 0) is 19.7 Å². The van der Waals surface area contributed by atoms with Gasteiger partial charge in [0, 0.05) is 6.54 Å². The Morgan fingerprint density at radius 3 is 2.35 bits per heavy atom. The van der Waals surface area contributed by atoms with Gasteiger partial charge in [-0.3, -0.25) is 4.79 Å². The van der Waals surface area contributed by atoms with Crippen LogP contribution in [0.15, 0.2) is 0 Å². The van der Waals surface area contributed by atoms with Crippen molar-refractivity contribution < 1.29 is 33.0 Å². The van der Waals surface area contributed by atoms with Crippen molar-refractivity contribution in [2.24, 2.45) is 0 Å². The SMILES string of the molecule is COC(=O)NS(=O)(=O)NCC(C)(O)CC(=O)O. The van der Waals surface area contributed by atoms with Crippen LogP contribution in [0, 0.1) is 0 Å². The first-order valence-electron chi connectivity index (χ1n) is 4.37. The highest BCUT2D eigenvalue weighted by molar-refractivity contribution is 7.88. The van der Waals surface area contributed by atoms with E-state index in [9.17, 15) is 23.1 Å². The third-order valence-electron chi connectivity index (χ3n) is 1.58. The zero-order valence-electron chi connectivity index (χ0n) is 9.26. The molecule has 4 N–H and O–H groups in total. The molecule has 0 aliphatic rings. The highest BCUT2D eigenvalue weighted by atomic mass is 32.2. The van der Waals surface area contributed by atoms with Gasteiger partial charge in [-0.2, -0.15) is 13.1 Å². The van der Waals surface area contributed by atoms with E-state index in [-0.39, 0.29) is 0 Å². The maximum Gasteiger partial charge on any atom is 0.421 e. The molecule has 1 unspecified atom stereocenters. The van der Waals surface area contributed by atoms with Gasteiger partial charge in [-0.15, -0.1) is 0 Å². The molecule has 0 radical (unpaired) electrons. The van der Waals surface area contributed by atoms with Gasteiger partial charge in [0.25, 0.3) is 0 Å². The lowest BCUT2D eigenvalue weighted by molar-refractivity contribution is -0.141. The molecule has 100 valence electrons. The third-order valence-corrected chi connectivity index (χ3v) is 2.54. The van der Waals surface area contributed by atoms with Gasteiger partial charge < -0.3 is 14.9 Å². The first-order chi connectivity index (χ1) is 7.58. The van der Waals surface area contributed by atoms with Gasteiger partial charge in [-0.25, -0.2) is 9.52 Å². The van der Waals surface area contributed by atoms with E-state index in [0.29, 0.717) is 0 Å². The minimum atomic E-state index is -4.19. The molecule has 0 aliphatic carbocycles. The number of carboxylic acids is 1. The number of hydrogen-bond donors (Lipinski definition) is 4. The second kappa shape index (κ2) is 5.80. The number of ether oxygens (including phenoxy) is 1. The van der Waals surface area contributed by atoms with Crippen LogP contribution in [0.4, 0.5) is 4.79 Å². The Morgan fingerprint density at radius 1 is 1.41 bits per heavy atom. The molecule has 0 aliphatic heterocycles. The van der Waals surface area contributed by atoms with Crippen LogP contribution < -0.4 is 9.44 Å². The van der Waals surface area contributed by atoms with Crippen molar-refractivity contribution in [2.45, 2.75) is 18.9 Å². The summed E-state index contributed by atoms with van der Waals surface area (Å²) in [6.45, 7) is 0.577. The lowest BCUT2D eigenvalue weighted by Gasteiger charge is -2.21. The standard InChI is InChI=1S/C7H14N2O7S/c1-7(13,3-5(10)11)4-8-17(14,15)9-6(12)16-2/h8,13H,3-4H2,1-2H3,(H,9,12)(H,10,11). The molecular weight excluding hydrogens is 256 g/mol. The molecule has 1 amide bonds. The van der Waals surface area contributed by atoms with Crippen LogP contribution in [0.5, 0.6) is 0 Å². The molecule has 0 saturated heterocycles. The van der Waals surface area contributed by atoms with Crippen molar-refractivity contribution in [3.63, 3.8) is 0 Å². The summed E-state index contributed by atoms with van der Waals surface area (Å²) in [7, 11) is -3.21. The van der Waals surface area contributed by atoms with Crippen molar-refractivity contribution in [1.82, 2.24) is 9.44 Å². The van der Waals surface area contributed by atoms with E-state index in [1.165, 1.54) is 4.72 Å². The molecule has 0 spiro atoms. The number of amides is 1. The Bertz CT molecular complexity index is 389. The molecule has 0 saturated carbocycles. The maximum absolute atomic E-state index is 11.2. The average molecular weight is 270 g/mol. The normalized spacial score (nSPS) is 14.8. The van der Waals surface area contributed by atoms with Gasteiger partial charge in [-0.05, 0) is 6.92 Å².